The van der Waals surface area contributed by atoms with Gasteiger partial charge in [0.1, 0.15) is 6.20 Å². The first kappa shape index (κ1) is 12.9. The molecular weight excluding hydrogens is 232 g/mol. The van der Waals surface area contributed by atoms with Crippen molar-refractivity contribution < 1.29 is 15.1 Å². The van der Waals surface area contributed by atoms with E-state index in [1.807, 2.05) is 0 Å². The van der Waals surface area contributed by atoms with E-state index < -0.39 is 11.0 Å². The number of aromatic nitrogens is 1. The van der Waals surface area contributed by atoms with Gasteiger partial charge in [-0.05, 0) is 13.0 Å². The standard InChI is InChI=1S/C9H12N2O4S/c1-6-2-9(16-5-7(13)4-12)10-3-8(6)11(14)15/h2-3,7,12-13H,4-5H2,1H3. The second-order valence-electron chi connectivity index (χ2n) is 3.21. The molecule has 0 aliphatic rings. The van der Waals surface area contributed by atoms with E-state index in [2.05, 4.69) is 4.98 Å². The Kier molecular flexibility index (Phi) is 4.66. The molecule has 1 atom stereocenters. The third-order valence-corrected chi connectivity index (χ3v) is 2.96. The van der Waals surface area contributed by atoms with E-state index in [0.29, 0.717) is 16.3 Å². The summed E-state index contributed by atoms with van der Waals surface area (Å²) >= 11 is 1.24. The SMILES string of the molecule is Cc1cc(SCC(O)CO)ncc1[N+](=O)[O-]. The molecule has 0 saturated carbocycles. The van der Waals surface area contributed by atoms with Crippen LogP contribution >= 0.6 is 11.8 Å². The van der Waals surface area contributed by atoms with Gasteiger partial charge in [0.2, 0.25) is 0 Å². The highest BCUT2D eigenvalue weighted by atomic mass is 32.2. The van der Waals surface area contributed by atoms with Crippen LogP contribution in [0.5, 0.6) is 0 Å². The molecule has 1 unspecified atom stereocenters. The van der Waals surface area contributed by atoms with E-state index in [1.54, 1.807) is 13.0 Å². The Morgan fingerprint density at radius 3 is 2.88 bits per heavy atom. The molecular formula is C9H12N2O4S. The highest BCUT2D eigenvalue weighted by molar-refractivity contribution is 7.99. The minimum atomic E-state index is -0.803. The maximum atomic E-state index is 10.5. The molecule has 7 heteroatoms. The Morgan fingerprint density at radius 2 is 2.38 bits per heavy atom. The van der Waals surface area contributed by atoms with Gasteiger partial charge < -0.3 is 10.2 Å². The van der Waals surface area contributed by atoms with Gasteiger partial charge in [0, 0.05) is 11.3 Å². The number of aliphatic hydroxyl groups is 2. The van der Waals surface area contributed by atoms with Gasteiger partial charge in [-0.2, -0.15) is 0 Å². The maximum Gasteiger partial charge on any atom is 0.290 e. The van der Waals surface area contributed by atoms with E-state index in [4.69, 9.17) is 10.2 Å². The largest absolute Gasteiger partial charge is 0.394 e. The molecule has 0 radical (unpaired) electrons. The minimum Gasteiger partial charge on any atom is -0.394 e. The lowest BCUT2D eigenvalue weighted by molar-refractivity contribution is -0.385. The predicted octanol–water partition coefficient (Wildman–Crippen LogP) is 0.744. The van der Waals surface area contributed by atoms with Crippen molar-refractivity contribution in [1.29, 1.82) is 0 Å². The van der Waals surface area contributed by atoms with Crippen LogP contribution in [0, 0.1) is 17.0 Å². The zero-order valence-electron chi connectivity index (χ0n) is 8.66. The number of nitrogens with zero attached hydrogens (tertiary/aromatic N) is 2. The molecule has 0 aromatic carbocycles. The van der Waals surface area contributed by atoms with Gasteiger partial charge in [0.15, 0.2) is 0 Å². The zero-order valence-corrected chi connectivity index (χ0v) is 9.48. The molecule has 0 fully saturated rings. The predicted molar refractivity (Wildman–Crippen MR) is 59.4 cm³/mol. The van der Waals surface area contributed by atoms with Crippen LogP contribution < -0.4 is 0 Å². The first-order chi connectivity index (χ1) is 7.54. The average molecular weight is 244 g/mol. The Balaban J connectivity index is 2.70. The van der Waals surface area contributed by atoms with Crippen molar-refractivity contribution in [1.82, 2.24) is 4.98 Å². The molecule has 1 aromatic heterocycles. The summed E-state index contributed by atoms with van der Waals surface area (Å²) in [5.74, 6) is 0.306. The van der Waals surface area contributed by atoms with Gasteiger partial charge in [-0.1, -0.05) is 0 Å². The van der Waals surface area contributed by atoms with Crippen molar-refractivity contribution in [2.45, 2.75) is 18.1 Å². The number of aryl methyl sites for hydroxylation is 1. The molecule has 0 amide bonds. The lowest BCUT2D eigenvalue weighted by Gasteiger charge is -2.06. The van der Waals surface area contributed by atoms with E-state index in [-0.39, 0.29) is 12.3 Å². The summed E-state index contributed by atoms with van der Waals surface area (Å²) in [6.07, 6.45) is 0.394. The quantitative estimate of drug-likeness (QED) is 0.450. The Labute approximate surface area is 96.5 Å². The van der Waals surface area contributed by atoms with Gasteiger partial charge in [-0.15, -0.1) is 11.8 Å². The topological polar surface area (TPSA) is 96.5 Å². The van der Waals surface area contributed by atoms with Crippen LogP contribution in [0.25, 0.3) is 0 Å². The molecule has 0 aliphatic carbocycles. The monoisotopic (exact) mass is 244 g/mol. The summed E-state index contributed by atoms with van der Waals surface area (Å²) in [5, 5.41) is 28.9. The van der Waals surface area contributed by atoms with Crippen molar-refractivity contribution in [3.8, 4) is 0 Å². The van der Waals surface area contributed by atoms with Crippen LogP contribution in [-0.4, -0.2) is 38.6 Å². The first-order valence-electron chi connectivity index (χ1n) is 4.57. The molecule has 0 aliphatic heterocycles. The molecule has 0 saturated heterocycles. The Hall–Kier alpha value is -1.18. The van der Waals surface area contributed by atoms with E-state index in [0.717, 1.165) is 0 Å². The number of hydrogen-bond acceptors (Lipinski definition) is 6. The van der Waals surface area contributed by atoms with Crippen molar-refractivity contribution >= 4 is 17.4 Å². The van der Waals surface area contributed by atoms with Gasteiger partial charge >= 0.3 is 0 Å². The third-order valence-electron chi connectivity index (χ3n) is 1.89. The average Bonchev–Trinajstić information content (AvgIpc) is 2.25. The number of hydrogen-bond donors (Lipinski definition) is 2. The fourth-order valence-electron chi connectivity index (χ4n) is 1.03. The lowest BCUT2D eigenvalue weighted by Crippen LogP contribution is -2.14. The van der Waals surface area contributed by atoms with Crippen LogP contribution in [0.2, 0.25) is 0 Å². The molecule has 2 N–H and O–H groups in total. The Morgan fingerprint density at radius 1 is 1.69 bits per heavy atom. The smallest absolute Gasteiger partial charge is 0.290 e. The van der Waals surface area contributed by atoms with Crippen molar-refractivity contribution in [3.05, 3.63) is 27.9 Å². The normalized spacial score (nSPS) is 12.4. The summed E-state index contributed by atoms with van der Waals surface area (Å²) in [7, 11) is 0. The molecule has 0 bridgehead atoms. The number of nitro groups is 1. The van der Waals surface area contributed by atoms with E-state index >= 15 is 0 Å². The third kappa shape index (κ3) is 3.44. The minimum absolute atomic E-state index is 0.0212. The fourth-order valence-corrected chi connectivity index (χ4v) is 1.88. The van der Waals surface area contributed by atoms with Crippen LogP contribution in [0.15, 0.2) is 17.3 Å². The van der Waals surface area contributed by atoms with Crippen LogP contribution in [-0.2, 0) is 0 Å². The van der Waals surface area contributed by atoms with Crippen LogP contribution in [0.4, 0.5) is 5.69 Å². The van der Waals surface area contributed by atoms with Crippen LogP contribution in [0.1, 0.15) is 5.56 Å². The fraction of sp³-hybridized carbons (Fsp3) is 0.444. The molecule has 16 heavy (non-hydrogen) atoms. The van der Waals surface area contributed by atoms with Crippen LogP contribution in [0.3, 0.4) is 0 Å². The summed E-state index contributed by atoms with van der Waals surface area (Å²) < 4.78 is 0. The molecule has 6 nitrogen and oxygen atoms in total. The highest BCUT2D eigenvalue weighted by Gasteiger charge is 2.12. The summed E-state index contributed by atoms with van der Waals surface area (Å²) in [4.78, 5) is 13.9. The number of aliphatic hydroxyl groups excluding tert-OH is 2. The number of pyridine rings is 1. The van der Waals surface area contributed by atoms with Crippen molar-refractivity contribution in [3.63, 3.8) is 0 Å². The van der Waals surface area contributed by atoms with E-state index in [1.165, 1.54) is 18.0 Å². The lowest BCUT2D eigenvalue weighted by atomic mass is 10.3. The summed E-state index contributed by atoms with van der Waals surface area (Å²) in [6.45, 7) is 1.32. The van der Waals surface area contributed by atoms with Gasteiger partial charge in [-0.3, -0.25) is 10.1 Å². The zero-order chi connectivity index (χ0) is 12.1. The van der Waals surface area contributed by atoms with Gasteiger partial charge in [0.25, 0.3) is 5.69 Å². The van der Waals surface area contributed by atoms with Gasteiger partial charge in [-0.25, -0.2) is 4.98 Å². The van der Waals surface area contributed by atoms with Gasteiger partial charge in [0.05, 0.1) is 22.7 Å². The van der Waals surface area contributed by atoms with Crippen molar-refractivity contribution in [2.75, 3.05) is 12.4 Å². The van der Waals surface area contributed by atoms with E-state index in [9.17, 15) is 10.1 Å². The second-order valence-corrected chi connectivity index (χ2v) is 4.25. The molecule has 0 spiro atoms. The maximum absolute atomic E-state index is 10.5. The number of rotatable bonds is 5. The molecule has 88 valence electrons. The second kappa shape index (κ2) is 5.78. The molecule has 1 heterocycles. The Bertz CT molecular complexity index is 386. The highest BCUT2D eigenvalue weighted by Crippen LogP contribution is 2.22. The summed E-state index contributed by atoms with van der Waals surface area (Å²) in [5.41, 5.74) is 0.507. The molecule has 1 aromatic rings. The summed E-state index contributed by atoms with van der Waals surface area (Å²) in [6, 6.07) is 1.59. The molecule has 1 rings (SSSR count). The first-order valence-corrected chi connectivity index (χ1v) is 5.56. The number of thioether (sulfide) groups is 1. The van der Waals surface area contributed by atoms with Crippen molar-refractivity contribution in [2.24, 2.45) is 0 Å².